The minimum Gasteiger partial charge on any atom is -0.212 e. The second kappa shape index (κ2) is 5.50. The van der Waals surface area contributed by atoms with E-state index in [1.165, 1.54) is 12.8 Å². The molecule has 0 aromatic carbocycles. The Bertz CT molecular complexity index is 305. The molecule has 0 N–H and O–H groups in total. The summed E-state index contributed by atoms with van der Waals surface area (Å²) < 4.78 is 26.0. The lowest BCUT2D eigenvalue weighted by Crippen LogP contribution is -2.38. The third-order valence-electron chi connectivity index (χ3n) is 3.07. The number of hydrogen-bond acceptors (Lipinski definition) is 2. The van der Waals surface area contributed by atoms with E-state index < -0.39 is 10.0 Å². The van der Waals surface area contributed by atoms with Gasteiger partial charge in [0, 0.05) is 13.1 Å². The highest BCUT2D eigenvalue weighted by Gasteiger charge is 2.31. The normalized spacial score (nSPS) is 17.7. The summed E-state index contributed by atoms with van der Waals surface area (Å²) in [6.45, 7) is 9.24. The van der Waals surface area contributed by atoms with Crippen LogP contribution in [0.3, 0.4) is 0 Å². The first-order valence-corrected chi connectivity index (χ1v) is 7.83. The fraction of sp³-hybridized carbons (Fsp3) is 1.00. The molecule has 0 heterocycles. The fourth-order valence-corrected chi connectivity index (χ4v) is 2.99. The van der Waals surface area contributed by atoms with Gasteiger partial charge in [-0.1, -0.05) is 13.8 Å². The molecule has 1 fully saturated rings. The maximum absolute atomic E-state index is 12.1. The predicted molar refractivity (Wildman–Crippen MR) is 67.8 cm³/mol. The van der Waals surface area contributed by atoms with Crippen LogP contribution in [-0.2, 0) is 10.0 Å². The molecule has 1 aliphatic carbocycles. The Morgan fingerprint density at radius 2 is 1.75 bits per heavy atom. The van der Waals surface area contributed by atoms with Gasteiger partial charge in [-0.25, -0.2) is 12.7 Å². The molecule has 0 atom stereocenters. The zero-order valence-electron chi connectivity index (χ0n) is 10.9. The van der Waals surface area contributed by atoms with Crippen molar-refractivity contribution < 1.29 is 8.42 Å². The number of rotatable bonds is 7. The van der Waals surface area contributed by atoms with Gasteiger partial charge in [-0.15, -0.1) is 0 Å². The smallest absolute Gasteiger partial charge is 0.212 e. The van der Waals surface area contributed by atoms with Gasteiger partial charge in [-0.05, 0) is 44.9 Å². The number of hydrogen-bond donors (Lipinski definition) is 0. The number of nitrogens with zero attached hydrogens (tertiary/aromatic N) is 1. The molecule has 16 heavy (non-hydrogen) atoms. The predicted octanol–water partition coefficient (Wildman–Crippen LogP) is 2.48. The Balaban J connectivity index is 2.61. The second-order valence-corrected chi connectivity index (χ2v) is 8.07. The van der Waals surface area contributed by atoms with Gasteiger partial charge < -0.3 is 0 Å². The third kappa shape index (κ3) is 4.06. The van der Waals surface area contributed by atoms with Crippen LogP contribution in [0.25, 0.3) is 0 Å². The molecule has 0 amide bonds. The van der Waals surface area contributed by atoms with Crippen LogP contribution in [0.1, 0.15) is 47.0 Å². The molecule has 0 unspecified atom stereocenters. The summed E-state index contributed by atoms with van der Waals surface area (Å²) >= 11 is 0. The van der Waals surface area contributed by atoms with Crippen molar-refractivity contribution in [2.24, 2.45) is 11.8 Å². The molecule has 3 nitrogen and oxygen atoms in total. The van der Waals surface area contributed by atoms with Crippen molar-refractivity contribution in [1.29, 1.82) is 0 Å². The van der Waals surface area contributed by atoms with Gasteiger partial charge in [0.25, 0.3) is 0 Å². The SMILES string of the molecule is CC(C)CCN(CC1CC1)S(=O)(=O)C(C)C. The van der Waals surface area contributed by atoms with Crippen LogP contribution in [0.5, 0.6) is 0 Å². The van der Waals surface area contributed by atoms with Crippen LogP contribution in [0.2, 0.25) is 0 Å². The highest BCUT2D eigenvalue weighted by Crippen LogP contribution is 2.31. The average Bonchev–Trinajstić information content (AvgIpc) is 2.94. The first-order valence-electron chi connectivity index (χ1n) is 6.33. The molecule has 0 bridgehead atoms. The van der Waals surface area contributed by atoms with Gasteiger partial charge in [-0.2, -0.15) is 0 Å². The van der Waals surface area contributed by atoms with E-state index in [0.717, 1.165) is 13.0 Å². The van der Waals surface area contributed by atoms with E-state index in [4.69, 9.17) is 0 Å². The van der Waals surface area contributed by atoms with Crippen molar-refractivity contribution in [3.63, 3.8) is 0 Å². The molecule has 0 aliphatic heterocycles. The zero-order chi connectivity index (χ0) is 12.3. The van der Waals surface area contributed by atoms with E-state index in [-0.39, 0.29) is 5.25 Å². The van der Waals surface area contributed by atoms with E-state index in [1.54, 1.807) is 18.2 Å². The Labute approximate surface area is 100 Å². The fourth-order valence-electron chi connectivity index (χ4n) is 1.61. The van der Waals surface area contributed by atoms with Crippen molar-refractivity contribution in [3.8, 4) is 0 Å². The van der Waals surface area contributed by atoms with Crippen molar-refractivity contribution in [2.75, 3.05) is 13.1 Å². The third-order valence-corrected chi connectivity index (χ3v) is 5.31. The Hall–Kier alpha value is -0.0900. The van der Waals surface area contributed by atoms with Gasteiger partial charge in [0.05, 0.1) is 5.25 Å². The first-order chi connectivity index (χ1) is 7.34. The van der Waals surface area contributed by atoms with Gasteiger partial charge in [0.15, 0.2) is 0 Å². The lowest BCUT2D eigenvalue weighted by molar-refractivity contribution is 0.365. The van der Waals surface area contributed by atoms with Crippen molar-refractivity contribution >= 4 is 10.0 Å². The standard InChI is InChI=1S/C12H25NO2S/c1-10(2)7-8-13(9-12-5-6-12)16(14,15)11(3)4/h10-12H,5-9H2,1-4H3. The molecule has 96 valence electrons. The molecule has 0 aromatic heterocycles. The molecular weight excluding hydrogens is 222 g/mol. The summed E-state index contributed by atoms with van der Waals surface area (Å²) in [5, 5.41) is -0.293. The van der Waals surface area contributed by atoms with Crippen LogP contribution < -0.4 is 0 Å². The molecule has 1 rings (SSSR count). The molecule has 4 heteroatoms. The van der Waals surface area contributed by atoms with E-state index in [1.807, 2.05) is 0 Å². The molecule has 1 saturated carbocycles. The van der Waals surface area contributed by atoms with E-state index >= 15 is 0 Å². The van der Waals surface area contributed by atoms with Gasteiger partial charge in [-0.3, -0.25) is 0 Å². The molecule has 0 radical (unpaired) electrons. The lowest BCUT2D eigenvalue weighted by Gasteiger charge is -2.25. The highest BCUT2D eigenvalue weighted by molar-refractivity contribution is 7.89. The highest BCUT2D eigenvalue weighted by atomic mass is 32.2. The van der Waals surface area contributed by atoms with Gasteiger partial charge in [0.2, 0.25) is 10.0 Å². The largest absolute Gasteiger partial charge is 0.216 e. The molecule has 0 spiro atoms. The van der Waals surface area contributed by atoms with Crippen molar-refractivity contribution in [3.05, 3.63) is 0 Å². The topological polar surface area (TPSA) is 37.4 Å². The molecule has 1 aliphatic rings. The van der Waals surface area contributed by atoms with Crippen LogP contribution in [0.15, 0.2) is 0 Å². The summed E-state index contributed by atoms with van der Waals surface area (Å²) in [5.74, 6) is 1.18. The van der Waals surface area contributed by atoms with Crippen LogP contribution in [0.4, 0.5) is 0 Å². The summed E-state index contributed by atoms with van der Waals surface area (Å²) in [7, 11) is -3.06. The number of sulfonamides is 1. The average molecular weight is 247 g/mol. The molecule has 0 saturated heterocycles. The van der Waals surface area contributed by atoms with Crippen LogP contribution >= 0.6 is 0 Å². The minimum absolute atomic E-state index is 0.293. The summed E-state index contributed by atoms with van der Waals surface area (Å²) in [4.78, 5) is 0. The Morgan fingerprint density at radius 3 is 2.12 bits per heavy atom. The van der Waals surface area contributed by atoms with Crippen LogP contribution in [0, 0.1) is 11.8 Å². The van der Waals surface area contributed by atoms with Crippen molar-refractivity contribution in [1.82, 2.24) is 4.31 Å². The van der Waals surface area contributed by atoms with Gasteiger partial charge in [0.1, 0.15) is 0 Å². The zero-order valence-corrected chi connectivity index (χ0v) is 11.8. The van der Waals surface area contributed by atoms with Crippen LogP contribution in [-0.4, -0.2) is 31.1 Å². The van der Waals surface area contributed by atoms with E-state index in [2.05, 4.69) is 13.8 Å². The van der Waals surface area contributed by atoms with E-state index in [9.17, 15) is 8.42 Å². The minimum atomic E-state index is -3.06. The maximum Gasteiger partial charge on any atom is 0.216 e. The van der Waals surface area contributed by atoms with E-state index in [0.29, 0.717) is 18.4 Å². The molecular formula is C12H25NO2S. The van der Waals surface area contributed by atoms with Gasteiger partial charge >= 0.3 is 0 Å². The maximum atomic E-state index is 12.1. The Morgan fingerprint density at radius 1 is 1.19 bits per heavy atom. The first kappa shape index (κ1) is 14.0. The molecule has 0 aromatic rings. The lowest BCUT2D eigenvalue weighted by atomic mass is 10.1. The second-order valence-electron chi connectivity index (χ2n) is 5.58. The summed E-state index contributed by atoms with van der Waals surface area (Å²) in [6, 6.07) is 0. The van der Waals surface area contributed by atoms with Crippen molar-refractivity contribution in [2.45, 2.75) is 52.2 Å². The summed E-state index contributed by atoms with van der Waals surface area (Å²) in [5.41, 5.74) is 0. The summed E-state index contributed by atoms with van der Waals surface area (Å²) in [6.07, 6.45) is 3.36. The quantitative estimate of drug-likeness (QED) is 0.693. The Kier molecular flexibility index (Phi) is 4.80. The monoisotopic (exact) mass is 247 g/mol.